The first-order chi connectivity index (χ1) is 8.97. The molecular weight excluding hydrogens is 254 g/mol. The van der Waals surface area contributed by atoms with Gasteiger partial charge in [-0.15, -0.1) is 0 Å². The van der Waals surface area contributed by atoms with Crippen molar-refractivity contribution in [2.24, 2.45) is 0 Å². The van der Waals surface area contributed by atoms with Crippen LogP contribution in [0.2, 0.25) is 0 Å². The SMILES string of the molecule is O=C1CCC(CNC(=O)N2C[C@H](O)C[C@@H]2C(=O)O)N1. The minimum atomic E-state index is -1.12. The van der Waals surface area contributed by atoms with E-state index in [0.717, 1.165) is 4.90 Å². The van der Waals surface area contributed by atoms with Crippen molar-refractivity contribution in [2.75, 3.05) is 13.1 Å². The summed E-state index contributed by atoms with van der Waals surface area (Å²) in [4.78, 5) is 35.0. The van der Waals surface area contributed by atoms with Gasteiger partial charge in [0.05, 0.1) is 6.10 Å². The number of rotatable bonds is 3. The topological polar surface area (TPSA) is 119 Å². The van der Waals surface area contributed by atoms with Crippen LogP contribution in [-0.2, 0) is 9.59 Å². The highest BCUT2D eigenvalue weighted by molar-refractivity contribution is 5.83. The minimum absolute atomic E-state index is 0.0137. The number of β-amino-alcohol motifs (C(OH)–C–C–N with tert-alkyl or cyclic N) is 1. The van der Waals surface area contributed by atoms with Gasteiger partial charge in [0.25, 0.3) is 0 Å². The normalized spacial score (nSPS) is 30.3. The highest BCUT2D eigenvalue weighted by Crippen LogP contribution is 2.18. The fraction of sp³-hybridized carbons (Fsp3) is 0.727. The number of carboxylic acid groups (broad SMARTS) is 1. The number of carbonyl (C=O) groups excluding carboxylic acids is 2. The van der Waals surface area contributed by atoms with Gasteiger partial charge in [-0.05, 0) is 6.42 Å². The summed E-state index contributed by atoms with van der Waals surface area (Å²) in [6, 6.07) is -1.62. The Balaban J connectivity index is 1.85. The number of urea groups is 1. The smallest absolute Gasteiger partial charge is 0.326 e. The number of nitrogens with one attached hydrogen (secondary N) is 2. The Hall–Kier alpha value is -1.83. The van der Waals surface area contributed by atoms with Crippen molar-refractivity contribution in [1.82, 2.24) is 15.5 Å². The molecule has 0 saturated carbocycles. The lowest BCUT2D eigenvalue weighted by atomic mass is 10.2. The molecule has 0 aliphatic carbocycles. The van der Waals surface area contributed by atoms with Crippen LogP contribution >= 0.6 is 0 Å². The van der Waals surface area contributed by atoms with Crippen molar-refractivity contribution in [1.29, 1.82) is 0 Å². The van der Waals surface area contributed by atoms with E-state index in [2.05, 4.69) is 10.6 Å². The maximum absolute atomic E-state index is 11.9. The summed E-state index contributed by atoms with van der Waals surface area (Å²) in [5, 5.41) is 23.7. The zero-order valence-electron chi connectivity index (χ0n) is 10.3. The largest absolute Gasteiger partial charge is 0.480 e. The van der Waals surface area contributed by atoms with Gasteiger partial charge < -0.3 is 25.7 Å². The standard InChI is InChI=1S/C11H17N3O5/c15-7-3-8(10(17)18)14(5-7)11(19)12-4-6-1-2-9(16)13-6/h6-8,15H,1-5H2,(H,12,19)(H,13,16)(H,17,18)/t6?,7-,8-/m1/s1. The van der Waals surface area contributed by atoms with E-state index in [-0.39, 0.29) is 31.5 Å². The van der Waals surface area contributed by atoms with Crippen molar-refractivity contribution >= 4 is 17.9 Å². The molecule has 19 heavy (non-hydrogen) atoms. The molecule has 0 aromatic carbocycles. The molecule has 1 unspecified atom stereocenters. The lowest BCUT2D eigenvalue weighted by molar-refractivity contribution is -0.141. The molecule has 2 rings (SSSR count). The summed E-state index contributed by atoms with van der Waals surface area (Å²) in [6.45, 7) is 0.281. The van der Waals surface area contributed by atoms with E-state index in [1.807, 2.05) is 0 Å². The number of aliphatic hydroxyl groups is 1. The first-order valence-corrected chi connectivity index (χ1v) is 6.22. The van der Waals surface area contributed by atoms with Gasteiger partial charge in [-0.25, -0.2) is 9.59 Å². The van der Waals surface area contributed by atoms with E-state index in [1.54, 1.807) is 0 Å². The van der Waals surface area contributed by atoms with Crippen LogP contribution in [0.1, 0.15) is 19.3 Å². The summed E-state index contributed by atoms with van der Waals surface area (Å²) < 4.78 is 0. The Bertz CT molecular complexity index is 400. The molecule has 0 aromatic rings. The van der Waals surface area contributed by atoms with Gasteiger partial charge in [0.15, 0.2) is 0 Å². The van der Waals surface area contributed by atoms with E-state index in [9.17, 15) is 19.5 Å². The van der Waals surface area contributed by atoms with Crippen molar-refractivity contribution < 1.29 is 24.6 Å². The Morgan fingerprint density at radius 3 is 2.79 bits per heavy atom. The van der Waals surface area contributed by atoms with Crippen LogP contribution in [0.5, 0.6) is 0 Å². The average molecular weight is 271 g/mol. The second-order valence-electron chi connectivity index (χ2n) is 4.89. The molecule has 2 fully saturated rings. The molecule has 2 aliphatic heterocycles. The molecule has 0 aromatic heterocycles. The van der Waals surface area contributed by atoms with Crippen LogP contribution in [0.3, 0.4) is 0 Å². The molecule has 3 atom stereocenters. The summed E-state index contributed by atoms with van der Waals surface area (Å²) >= 11 is 0. The van der Waals surface area contributed by atoms with Gasteiger partial charge in [0, 0.05) is 32.0 Å². The highest BCUT2D eigenvalue weighted by Gasteiger charge is 2.39. The second-order valence-corrected chi connectivity index (χ2v) is 4.89. The lowest BCUT2D eigenvalue weighted by Crippen LogP contribution is -2.49. The maximum atomic E-state index is 11.9. The predicted octanol–water partition coefficient (Wildman–Crippen LogP) is -1.51. The molecule has 3 amide bonds. The van der Waals surface area contributed by atoms with Gasteiger partial charge in [0.1, 0.15) is 6.04 Å². The van der Waals surface area contributed by atoms with Crippen LogP contribution in [-0.4, -0.2) is 64.3 Å². The Labute approximate surface area is 109 Å². The highest BCUT2D eigenvalue weighted by atomic mass is 16.4. The third-order valence-electron chi connectivity index (χ3n) is 3.41. The Morgan fingerprint density at radius 1 is 1.47 bits per heavy atom. The molecule has 0 radical (unpaired) electrons. The Kier molecular flexibility index (Phi) is 3.89. The number of carboxylic acids is 1. The van der Waals surface area contributed by atoms with Gasteiger partial charge in [-0.2, -0.15) is 0 Å². The Morgan fingerprint density at radius 2 is 2.21 bits per heavy atom. The summed E-state index contributed by atoms with van der Waals surface area (Å²) in [5.74, 6) is -1.17. The van der Waals surface area contributed by atoms with Crippen LogP contribution < -0.4 is 10.6 Å². The third kappa shape index (κ3) is 3.14. The van der Waals surface area contributed by atoms with Crippen molar-refractivity contribution in [3.63, 3.8) is 0 Å². The van der Waals surface area contributed by atoms with Crippen molar-refractivity contribution in [2.45, 2.75) is 37.5 Å². The van der Waals surface area contributed by atoms with E-state index in [0.29, 0.717) is 12.8 Å². The van der Waals surface area contributed by atoms with Crippen molar-refractivity contribution in [3.05, 3.63) is 0 Å². The number of amides is 3. The number of likely N-dealkylation sites (tertiary alicyclic amines) is 1. The molecular formula is C11H17N3O5. The molecule has 0 spiro atoms. The lowest BCUT2D eigenvalue weighted by Gasteiger charge is -2.22. The van der Waals surface area contributed by atoms with Crippen LogP contribution in [0.15, 0.2) is 0 Å². The number of carbonyl (C=O) groups is 3. The van der Waals surface area contributed by atoms with Crippen LogP contribution in [0, 0.1) is 0 Å². The monoisotopic (exact) mass is 271 g/mol. The number of aliphatic carboxylic acids is 1. The summed E-state index contributed by atoms with van der Waals surface area (Å²) in [6.07, 6.45) is 0.339. The first kappa shape index (κ1) is 13.6. The number of aliphatic hydroxyl groups excluding tert-OH is 1. The second kappa shape index (κ2) is 5.43. The quantitative estimate of drug-likeness (QED) is 0.498. The third-order valence-corrected chi connectivity index (χ3v) is 3.41. The molecule has 8 nitrogen and oxygen atoms in total. The zero-order chi connectivity index (χ0) is 14.0. The van der Waals surface area contributed by atoms with Gasteiger partial charge >= 0.3 is 12.0 Å². The van der Waals surface area contributed by atoms with E-state index < -0.39 is 24.1 Å². The molecule has 0 bridgehead atoms. The molecule has 8 heteroatoms. The van der Waals surface area contributed by atoms with Crippen LogP contribution in [0.4, 0.5) is 4.79 Å². The molecule has 4 N–H and O–H groups in total. The zero-order valence-corrected chi connectivity index (χ0v) is 10.3. The van der Waals surface area contributed by atoms with Gasteiger partial charge in [-0.3, -0.25) is 4.79 Å². The summed E-state index contributed by atoms with van der Waals surface area (Å²) in [7, 11) is 0. The van der Waals surface area contributed by atoms with Crippen molar-refractivity contribution in [3.8, 4) is 0 Å². The number of hydrogen-bond donors (Lipinski definition) is 4. The molecule has 2 saturated heterocycles. The number of nitrogens with zero attached hydrogens (tertiary/aromatic N) is 1. The fourth-order valence-corrected chi connectivity index (χ4v) is 2.41. The average Bonchev–Trinajstić information content (AvgIpc) is 2.92. The molecule has 2 heterocycles. The van der Waals surface area contributed by atoms with Gasteiger partial charge in [0.2, 0.25) is 5.91 Å². The first-order valence-electron chi connectivity index (χ1n) is 6.22. The molecule has 2 aliphatic rings. The van der Waals surface area contributed by atoms with E-state index >= 15 is 0 Å². The summed E-state index contributed by atoms with van der Waals surface area (Å²) in [5.41, 5.74) is 0. The molecule has 106 valence electrons. The van der Waals surface area contributed by atoms with E-state index in [1.165, 1.54) is 0 Å². The minimum Gasteiger partial charge on any atom is -0.480 e. The maximum Gasteiger partial charge on any atom is 0.326 e. The predicted molar refractivity (Wildman–Crippen MR) is 63.3 cm³/mol. The van der Waals surface area contributed by atoms with Crippen LogP contribution in [0.25, 0.3) is 0 Å². The van der Waals surface area contributed by atoms with E-state index in [4.69, 9.17) is 5.11 Å². The number of hydrogen-bond acceptors (Lipinski definition) is 4. The fourth-order valence-electron chi connectivity index (χ4n) is 2.41. The van der Waals surface area contributed by atoms with Gasteiger partial charge in [-0.1, -0.05) is 0 Å².